The summed E-state index contributed by atoms with van der Waals surface area (Å²) in [6, 6.07) is 25.4. The van der Waals surface area contributed by atoms with Gasteiger partial charge >= 0.3 is 70.5 Å². The van der Waals surface area contributed by atoms with Crippen LogP contribution in [0.25, 0.3) is 0 Å². The molecule has 60 heavy (non-hydrogen) atoms. The van der Waals surface area contributed by atoms with Crippen LogP contribution in [0, 0.1) is 0 Å². The molecular formula is C34H26Cl4N6Na2O10P2S2. The van der Waals surface area contributed by atoms with Gasteiger partial charge in [0.1, 0.15) is 0 Å². The molecular weight excluding hydrogens is 966 g/mol. The van der Waals surface area contributed by atoms with E-state index in [0.29, 0.717) is 29.6 Å². The zero-order valence-electron chi connectivity index (χ0n) is 31.6. The van der Waals surface area contributed by atoms with Gasteiger partial charge in [-0.15, -0.1) is 0 Å². The van der Waals surface area contributed by atoms with Crippen molar-refractivity contribution in [2.24, 2.45) is 9.98 Å². The Morgan fingerprint density at radius 3 is 1.10 bits per heavy atom. The molecule has 0 radical (unpaired) electrons. The molecule has 0 fully saturated rings. The van der Waals surface area contributed by atoms with E-state index in [0.717, 1.165) is 47.5 Å². The zero-order valence-corrected chi connectivity index (χ0v) is 42.1. The summed E-state index contributed by atoms with van der Waals surface area (Å²) in [4.78, 5) is 80.5. The third-order valence-electron chi connectivity index (χ3n) is 7.02. The van der Waals surface area contributed by atoms with Crippen molar-refractivity contribution in [3.05, 3.63) is 170 Å². The van der Waals surface area contributed by atoms with Crippen LogP contribution in [0.3, 0.4) is 0 Å². The van der Waals surface area contributed by atoms with Crippen LogP contribution in [-0.2, 0) is 22.2 Å². The predicted octanol–water partition coefficient (Wildman–Crippen LogP) is -1.15. The van der Waals surface area contributed by atoms with Gasteiger partial charge in [0, 0.05) is 44.5 Å². The van der Waals surface area contributed by atoms with Gasteiger partial charge in [-0.05, 0) is 107 Å². The van der Waals surface area contributed by atoms with E-state index in [4.69, 9.17) is 55.7 Å². The number of rotatable bonds is 10. The minimum absolute atomic E-state index is 0. The predicted molar refractivity (Wildman–Crippen MR) is 217 cm³/mol. The van der Waals surface area contributed by atoms with Crippen LogP contribution < -0.4 is 99.1 Å². The molecule has 0 aliphatic heterocycles. The second-order valence-corrected chi connectivity index (χ2v) is 18.9. The monoisotopic (exact) mass is 990 g/mol. The maximum atomic E-state index is 12.6. The number of carbonyl (C=O) groups is 2. The van der Waals surface area contributed by atoms with E-state index in [1.54, 1.807) is 48.5 Å². The van der Waals surface area contributed by atoms with Crippen LogP contribution in [-0.4, -0.2) is 42.5 Å². The molecule has 2 amide bonds. The van der Waals surface area contributed by atoms with Crippen molar-refractivity contribution >= 4 is 96.5 Å². The van der Waals surface area contributed by atoms with Crippen LogP contribution >= 0.6 is 84.7 Å². The first-order chi connectivity index (χ1) is 27.2. The summed E-state index contributed by atoms with van der Waals surface area (Å²) in [5.74, 6) is -1.37. The Labute approximate surface area is 412 Å². The molecule has 2 heterocycles. The number of benzene rings is 4. The van der Waals surface area contributed by atoms with Crippen molar-refractivity contribution in [3.8, 4) is 0 Å². The van der Waals surface area contributed by atoms with E-state index in [1.165, 1.54) is 56.4 Å². The Hall–Kier alpha value is -2.32. The summed E-state index contributed by atoms with van der Waals surface area (Å²) < 4.78 is 36.1. The summed E-state index contributed by atoms with van der Waals surface area (Å²) in [5.41, 5.74) is 0.335. The average Bonchev–Trinajstić information content (AvgIpc) is 3.58. The van der Waals surface area contributed by atoms with Gasteiger partial charge < -0.3 is 19.0 Å². The Bertz CT molecular complexity index is 2630. The Balaban J connectivity index is 0.000000310. The van der Waals surface area contributed by atoms with E-state index in [2.05, 4.69) is 9.98 Å². The van der Waals surface area contributed by atoms with E-state index < -0.39 is 38.4 Å². The molecule has 0 bridgehead atoms. The van der Waals surface area contributed by atoms with Crippen molar-refractivity contribution in [3.63, 3.8) is 0 Å². The van der Waals surface area contributed by atoms with Gasteiger partial charge in [0.2, 0.25) is 24.8 Å². The average molecular weight is 992 g/mol. The smallest absolute Gasteiger partial charge is 0.767 e. The van der Waals surface area contributed by atoms with Crippen molar-refractivity contribution in [1.29, 1.82) is 0 Å². The summed E-state index contributed by atoms with van der Waals surface area (Å²) >= 11 is 24.9. The largest absolute Gasteiger partial charge is 1.00 e. The molecule has 0 spiro atoms. The van der Waals surface area contributed by atoms with E-state index >= 15 is 0 Å². The number of halogens is 4. The molecule has 0 aliphatic rings. The van der Waals surface area contributed by atoms with Crippen molar-refractivity contribution < 1.29 is 96.9 Å². The molecule has 304 valence electrons. The Morgan fingerprint density at radius 2 is 0.833 bits per heavy atom. The third kappa shape index (κ3) is 15.5. The molecule has 2 atom stereocenters. The van der Waals surface area contributed by atoms with Crippen LogP contribution in [0.5, 0.6) is 0 Å². The molecule has 2 unspecified atom stereocenters. The van der Waals surface area contributed by atoms with Crippen LogP contribution in [0.1, 0.15) is 31.8 Å². The normalized spacial score (nSPS) is 13.4. The first kappa shape index (κ1) is 52.0. The van der Waals surface area contributed by atoms with Gasteiger partial charge in [-0.2, -0.15) is 9.98 Å². The summed E-state index contributed by atoms with van der Waals surface area (Å²) in [5, 5.41) is 1.95. The first-order valence-corrected chi connectivity index (χ1v) is 23.1. The standard InChI is InChI=1S/2C17H14Cl2N3O5PS.2Na/c2*1-28(25,26)27-22-16(20-15(23)12-4-8-14(19)9-5-12)29-21(17(22)24)10-11-2-6-13(18)7-3-11;;/h2*2-9H,10H2,1H3,(H,25,26);;/q;;2*+1/p-2. The quantitative estimate of drug-likeness (QED) is 0.119. The maximum absolute atomic E-state index is 12.6. The molecule has 2 aromatic heterocycles. The van der Waals surface area contributed by atoms with Crippen molar-refractivity contribution in [2.75, 3.05) is 13.3 Å². The number of nitrogens with zero attached hydrogens (tertiary/aromatic N) is 6. The second-order valence-electron chi connectivity index (χ2n) is 11.8. The molecule has 4 aromatic carbocycles. The molecule has 0 saturated heterocycles. The number of hydrogen-bond acceptors (Lipinski definition) is 12. The molecule has 0 aliphatic carbocycles. The van der Waals surface area contributed by atoms with Gasteiger partial charge in [0.15, 0.2) is 0 Å². The minimum atomic E-state index is -4.34. The van der Waals surface area contributed by atoms with Gasteiger partial charge in [0.05, 0.1) is 13.1 Å². The summed E-state index contributed by atoms with van der Waals surface area (Å²) in [6.07, 6.45) is 0. The topological polar surface area (TPSA) is 211 Å². The van der Waals surface area contributed by atoms with Crippen LogP contribution in [0.15, 0.2) is 117 Å². The fraction of sp³-hybridized carbons (Fsp3) is 0.118. The Morgan fingerprint density at radius 1 is 0.567 bits per heavy atom. The summed E-state index contributed by atoms with van der Waals surface area (Å²) in [7, 11) is -8.68. The SMILES string of the molecule is CP(=O)([O-])On1c(=NC(=O)c2ccc(Cl)cc2)sn(Cc2ccc(Cl)cc2)c1=O.CP(=O)([O-])On1c(=NC(=O)c2ccc(Cl)cc2)sn(Cc2ccc(Cl)cc2)c1=O.[Na+].[Na+]. The molecule has 6 aromatic rings. The fourth-order valence-corrected chi connectivity index (χ4v) is 7.74. The minimum Gasteiger partial charge on any atom is -0.767 e. The van der Waals surface area contributed by atoms with Gasteiger partial charge in [0.25, 0.3) is 11.8 Å². The van der Waals surface area contributed by atoms with Crippen LogP contribution in [0.4, 0.5) is 0 Å². The van der Waals surface area contributed by atoms with E-state index in [-0.39, 0.29) is 92.9 Å². The van der Waals surface area contributed by atoms with Crippen LogP contribution in [0.2, 0.25) is 20.1 Å². The number of carbonyl (C=O) groups excluding carboxylic acids is 2. The molecule has 6 rings (SSSR count). The van der Waals surface area contributed by atoms with Gasteiger partial charge in [-0.25, -0.2) is 17.5 Å². The summed E-state index contributed by atoms with van der Waals surface area (Å²) in [6.45, 7) is 1.85. The van der Waals surface area contributed by atoms with Gasteiger partial charge in [-0.3, -0.25) is 18.7 Å². The molecule has 26 heteroatoms. The maximum Gasteiger partial charge on any atom is 1.00 e. The third-order valence-corrected chi connectivity index (χ3v) is 10.8. The van der Waals surface area contributed by atoms with Crippen molar-refractivity contribution in [1.82, 2.24) is 17.4 Å². The number of amides is 2. The number of aromatic nitrogens is 4. The zero-order chi connectivity index (χ0) is 42.4. The molecule has 16 nitrogen and oxygen atoms in total. The number of hydrogen-bond donors (Lipinski definition) is 0. The fourth-order valence-electron chi connectivity index (χ4n) is 4.48. The van der Waals surface area contributed by atoms with E-state index in [9.17, 15) is 38.1 Å². The molecule has 0 saturated carbocycles. The van der Waals surface area contributed by atoms with Gasteiger partial charge in [-0.1, -0.05) is 80.1 Å². The first-order valence-electron chi connectivity index (χ1n) is 16.1. The van der Waals surface area contributed by atoms with E-state index in [1.807, 2.05) is 0 Å². The molecule has 0 N–H and O–H groups in total. The van der Waals surface area contributed by atoms with Crippen molar-refractivity contribution in [2.45, 2.75) is 13.1 Å². The second kappa shape index (κ2) is 22.9. The Kier molecular flexibility index (Phi) is 19.8.